The predicted molar refractivity (Wildman–Crippen MR) is 66.7 cm³/mol. The number of oxazole rings is 1. The van der Waals surface area contributed by atoms with Gasteiger partial charge in [0.15, 0.2) is 11.5 Å². The molecule has 1 N–H and O–H groups in total. The average molecular weight is 263 g/mol. The molecular weight excluding hydrogens is 250 g/mol. The highest BCUT2D eigenvalue weighted by molar-refractivity contribution is 5.86. The fraction of sp³-hybridized carbons (Fsp3) is 0.231. The van der Waals surface area contributed by atoms with Gasteiger partial charge in [0.25, 0.3) is 0 Å². The Balaban J connectivity index is 2.59. The van der Waals surface area contributed by atoms with Gasteiger partial charge in [0.05, 0.1) is 25.5 Å². The number of hydrogen-bond acceptors (Lipinski definition) is 5. The summed E-state index contributed by atoms with van der Waals surface area (Å²) in [6.45, 7) is 1.57. The van der Waals surface area contributed by atoms with Crippen molar-refractivity contribution < 1.29 is 23.8 Å². The van der Waals surface area contributed by atoms with Crippen molar-refractivity contribution in [3.63, 3.8) is 0 Å². The number of para-hydroxylation sites is 1. The van der Waals surface area contributed by atoms with E-state index in [4.69, 9.17) is 19.0 Å². The Kier molecular flexibility index (Phi) is 3.41. The van der Waals surface area contributed by atoms with E-state index in [1.807, 2.05) is 0 Å². The van der Waals surface area contributed by atoms with Crippen molar-refractivity contribution in [1.82, 2.24) is 4.98 Å². The zero-order valence-corrected chi connectivity index (χ0v) is 10.8. The molecule has 0 amide bonds. The molecule has 0 aliphatic carbocycles. The molecule has 0 saturated carbocycles. The Morgan fingerprint density at radius 2 is 2.05 bits per heavy atom. The van der Waals surface area contributed by atoms with Gasteiger partial charge in [0, 0.05) is 0 Å². The van der Waals surface area contributed by atoms with Gasteiger partial charge in [-0.05, 0) is 19.1 Å². The van der Waals surface area contributed by atoms with Crippen LogP contribution in [0.2, 0.25) is 0 Å². The minimum absolute atomic E-state index is 0.181. The summed E-state index contributed by atoms with van der Waals surface area (Å²) >= 11 is 0. The van der Waals surface area contributed by atoms with Crippen LogP contribution in [0.25, 0.3) is 11.5 Å². The quantitative estimate of drug-likeness (QED) is 0.911. The summed E-state index contributed by atoms with van der Waals surface area (Å²) in [5.41, 5.74) is 0.852. The highest BCUT2D eigenvalue weighted by Crippen LogP contribution is 2.37. The highest BCUT2D eigenvalue weighted by atomic mass is 16.5. The third-order valence-electron chi connectivity index (χ3n) is 2.62. The molecule has 2 rings (SSSR count). The van der Waals surface area contributed by atoms with Crippen molar-refractivity contribution in [2.75, 3.05) is 14.2 Å². The lowest BCUT2D eigenvalue weighted by Gasteiger charge is -2.09. The number of carbonyl (C=O) groups is 1. The summed E-state index contributed by atoms with van der Waals surface area (Å²) in [6.07, 6.45) is 0. The van der Waals surface area contributed by atoms with Gasteiger partial charge < -0.3 is 19.0 Å². The molecule has 0 unspecified atom stereocenters. The molecule has 0 saturated heterocycles. The van der Waals surface area contributed by atoms with Gasteiger partial charge in [-0.15, -0.1) is 0 Å². The molecule has 19 heavy (non-hydrogen) atoms. The fourth-order valence-electron chi connectivity index (χ4n) is 1.77. The van der Waals surface area contributed by atoms with Crippen LogP contribution in [-0.4, -0.2) is 30.3 Å². The van der Waals surface area contributed by atoms with Crippen molar-refractivity contribution in [2.45, 2.75) is 6.92 Å². The van der Waals surface area contributed by atoms with E-state index in [9.17, 15) is 4.79 Å². The van der Waals surface area contributed by atoms with Crippen LogP contribution in [0.5, 0.6) is 11.5 Å². The monoisotopic (exact) mass is 263 g/mol. The number of aromatic carboxylic acids is 1. The highest BCUT2D eigenvalue weighted by Gasteiger charge is 2.21. The predicted octanol–water partition coefficient (Wildman–Crippen LogP) is 2.37. The normalized spacial score (nSPS) is 10.3. The molecule has 0 fully saturated rings. The zero-order valence-electron chi connectivity index (χ0n) is 10.8. The molecule has 1 heterocycles. The van der Waals surface area contributed by atoms with Gasteiger partial charge in [-0.25, -0.2) is 9.78 Å². The van der Waals surface area contributed by atoms with Crippen LogP contribution in [0.1, 0.15) is 16.2 Å². The van der Waals surface area contributed by atoms with Gasteiger partial charge >= 0.3 is 5.97 Å². The maximum atomic E-state index is 11.0. The fourth-order valence-corrected chi connectivity index (χ4v) is 1.77. The van der Waals surface area contributed by atoms with Crippen LogP contribution >= 0.6 is 0 Å². The van der Waals surface area contributed by atoms with Crippen molar-refractivity contribution in [3.8, 4) is 23.0 Å². The Labute approximate surface area is 109 Å². The lowest BCUT2D eigenvalue weighted by Crippen LogP contribution is -1.95. The number of carboxylic acids is 1. The molecule has 0 bridgehead atoms. The number of aryl methyl sites for hydroxylation is 1. The molecule has 100 valence electrons. The van der Waals surface area contributed by atoms with Crippen molar-refractivity contribution >= 4 is 5.97 Å². The SMILES string of the molecule is COc1cccc(-c2nc(C)c(C(=O)O)o2)c1OC. The summed E-state index contributed by atoms with van der Waals surface area (Å²) in [6, 6.07) is 5.20. The Bertz CT molecular complexity index is 617. The van der Waals surface area contributed by atoms with Crippen LogP contribution in [-0.2, 0) is 0 Å². The van der Waals surface area contributed by atoms with Gasteiger partial charge in [0.1, 0.15) is 0 Å². The first kappa shape index (κ1) is 12.9. The van der Waals surface area contributed by atoms with Crippen LogP contribution < -0.4 is 9.47 Å². The van der Waals surface area contributed by atoms with Crippen molar-refractivity contribution in [3.05, 3.63) is 29.7 Å². The standard InChI is InChI=1S/C13H13NO5/c1-7-10(13(15)16)19-12(14-7)8-5-4-6-9(17-2)11(8)18-3/h4-6H,1-3H3,(H,15,16). The van der Waals surface area contributed by atoms with E-state index in [0.717, 1.165) is 0 Å². The summed E-state index contributed by atoms with van der Waals surface area (Å²) in [5, 5.41) is 8.96. The molecule has 0 aliphatic heterocycles. The Morgan fingerprint density at radius 3 is 2.58 bits per heavy atom. The number of benzene rings is 1. The minimum Gasteiger partial charge on any atom is -0.493 e. The van der Waals surface area contributed by atoms with E-state index in [0.29, 0.717) is 22.8 Å². The Morgan fingerprint density at radius 1 is 1.32 bits per heavy atom. The Hall–Kier alpha value is -2.50. The van der Waals surface area contributed by atoms with E-state index in [-0.39, 0.29) is 11.7 Å². The maximum Gasteiger partial charge on any atom is 0.373 e. The molecule has 0 atom stereocenters. The molecule has 1 aromatic carbocycles. The molecule has 6 nitrogen and oxygen atoms in total. The maximum absolute atomic E-state index is 11.0. The van der Waals surface area contributed by atoms with Crippen LogP contribution in [0.3, 0.4) is 0 Å². The van der Waals surface area contributed by atoms with Gasteiger partial charge in [0.2, 0.25) is 11.7 Å². The van der Waals surface area contributed by atoms with E-state index < -0.39 is 5.97 Å². The number of rotatable bonds is 4. The molecule has 1 aromatic heterocycles. The van der Waals surface area contributed by atoms with E-state index >= 15 is 0 Å². The molecule has 6 heteroatoms. The first-order chi connectivity index (χ1) is 9.08. The lowest BCUT2D eigenvalue weighted by molar-refractivity contribution is 0.0662. The molecule has 0 spiro atoms. The first-order valence-electron chi connectivity index (χ1n) is 5.50. The molecule has 2 aromatic rings. The number of methoxy groups -OCH3 is 2. The summed E-state index contributed by atoms with van der Waals surface area (Å²) in [5.74, 6) is -0.181. The molecule has 0 aliphatic rings. The number of carboxylic acid groups (broad SMARTS) is 1. The smallest absolute Gasteiger partial charge is 0.373 e. The van der Waals surface area contributed by atoms with Crippen molar-refractivity contribution in [1.29, 1.82) is 0 Å². The van der Waals surface area contributed by atoms with Crippen LogP contribution in [0, 0.1) is 6.92 Å². The van der Waals surface area contributed by atoms with E-state index in [1.165, 1.54) is 14.2 Å². The summed E-state index contributed by atoms with van der Waals surface area (Å²) < 4.78 is 15.7. The first-order valence-corrected chi connectivity index (χ1v) is 5.50. The van der Waals surface area contributed by atoms with Gasteiger partial charge in [-0.3, -0.25) is 0 Å². The number of hydrogen-bond donors (Lipinski definition) is 1. The average Bonchev–Trinajstić information content (AvgIpc) is 2.79. The molecular formula is C13H13NO5. The number of nitrogens with zero attached hydrogens (tertiary/aromatic N) is 1. The van der Waals surface area contributed by atoms with Crippen molar-refractivity contribution in [2.24, 2.45) is 0 Å². The summed E-state index contributed by atoms with van der Waals surface area (Å²) in [7, 11) is 3.01. The zero-order chi connectivity index (χ0) is 14.0. The second-order valence-corrected chi connectivity index (χ2v) is 3.78. The third kappa shape index (κ3) is 2.24. The van der Waals surface area contributed by atoms with Crippen LogP contribution in [0.4, 0.5) is 0 Å². The van der Waals surface area contributed by atoms with Gasteiger partial charge in [-0.1, -0.05) is 6.07 Å². The lowest BCUT2D eigenvalue weighted by atomic mass is 10.2. The topological polar surface area (TPSA) is 81.8 Å². The largest absolute Gasteiger partial charge is 0.493 e. The van der Waals surface area contributed by atoms with Gasteiger partial charge in [-0.2, -0.15) is 0 Å². The second kappa shape index (κ2) is 5.01. The number of aromatic nitrogens is 1. The van der Waals surface area contributed by atoms with E-state index in [1.54, 1.807) is 25.1 Å². The minimum atomic E-state index is -1.15. The molecule has 0 radical (unpaired) electrons. The number of ether oxygens (including phenoxy) is 2. The van der Waals surface area contributed by atoms with Crippen LogP contribution in [0.15, 0.2) is 22.6 Å². The third-order valence-corrected chi connectivity index (χ3v) is 2.62. The van der Waals surface area contributed by atoms with E-state index in [2.05, 4.69) is 4.98 Å². The second-order valence-electron chi connectivity index (χ2n) is 3.78. The summed E-state index contributed by atoms with van der Waals surface area (Å²) in [4.78, 5) is 15.1.